The number of esters is 2. The van der Waals surface area contributed by atoms with Crippen LogP contribution in [0.3, 0.4) is 0 Å². The second-order valence-corrected chi connectivity index (χ2v) is 10.5. The summed E-state index contributed by atoms with van der Waals surface area (Å²) in [6.45, 7) is 5.71. The lowest BCUT2D eigenvalue weighted by atomic mass is 9.55. The van der Waals surface area contributed by atoms with Gasteiger partial charge in [-0.05, 0) is 85.1 Å². The Kier molecular flexibility index (Phi) is 6.13. The third kappa shape index (κ3) is 4.21. The number of aryl methyl sites for hydroxylation is 1. The maximum atomic E-state index is 11.9. The molecule has 5 rings (SSSR count). The molecule has 180 valence electrons. The Morgan fingerprint density at radius 1 is 0.971 bits per heavy atom. The van der Waals surface area contributed by atoms with Gasteiger partial charge in [-0.1, -0.05) is 37.3 Å². The van der Waals surface area contributed by atoms with Crippen LogP contribution in [0.25, 0.3) is 0 Å². The smallest absolute Gasteiger partial charge is 0.308 e. The first kappa shape index (κ1) is 22.9. The normalized spacial score (nSPS) is 29.4. The molecule has 2 fully saturated rings. The van der Waals surface area contributed by atoms with Crippen LogP contribution in [0.2, 0.25) is 0 Å². The second-order valence-electron chi connectivity index (χ2n) is 10.5. The first-order valence-electron chi connectivity index (χ1n) is 12.5. The minimum absolute atomic E-state index is 0.0303. The van der Waals surface area contributed by atoms with Crippen molar-refractivity contribution in [3.05, 3.63) is 59.2 Å². The Morgan fingerprint density at radius 3 is 2.50 bits per heavy atom. The maximum absolute atomic E-state index is 11.9. The van der Waals surface area contributed by atoms with E-state index in [-0.39, 0.29) is 23.5 Å². The SMILES string of the molecule is CC(=O)Oc1cc2c(cc1OCc1ccccc1)CC[C@@H]1[C@@H]2CC[C@]2(C)[C@@H](OC(C)=O)CC[C@@H]12. The van der Waals surface area contributed by atoms with Crippen molar-refractivity contribution in [3.8, 4) is 11.5 Å². The fraction of sp³-hybridized carbons (Fsp3) is 0.517. The lowest BCUT2D eigenvalue weighted by Crippen LogP contribution is -2.45. The predicted octanol–water partition coefficient (Wildman–Crippen LogP) is 5.98. The zero-order chi connectivity index (χ0) is 23.9. The van der Waals surface area contributed by atoms with Gasteiger partial charge in [-0.15, -0.1) is 0 Å². The summed E-state index contributed by atoms with van der Waals surface area (Å²) in [6, 6.07) is 14.2. The van der Waals surface area contributed by atoms with E-state index in [1.54, 1.807) is 0 Å². The summed E-state index contributed by atoms with van der Waals surface area (Å²) < 4.78 is 17.5. The molecule has 34 heavy (non-hydrogen) atoms. The number of carbonyl (C=O) groups excluding carboxylic acids is 2. The zero-order valence-corrected chi connectivity index (χ0v) is 20.3. The van der Waals surface area contributed by atoms with E-state index in [0.717, 1.165) is 44.1 Å². The van der Waals surface area contributed by atoms with Crippen molar-refractivity contribution in [3.63, 3.8) is 0 Å². The Morgan fingerprint density at radius 2 is 1.76 bits per heavy atom. The summed E-state index contributed by atoms with van der Waals surface area (Å²) in [4.78, 5) is 23.6. The van der Waals surface area contributed by atoms with E-state index in [9.17, 15) is 9.59 Å². The van der Waals surface area contributed by atoms with Crippen LogP contribution in [0.5, 0.6) is 11.5 Å². The van der Waals surface area contributed by atoms with E-state index in [4.69, 9.17) is 14.2 Å². The van der Waals surface area contributed by atoms with Gasteiger partial charge in [-0.25, -0.2) is 0 Å². The summed E-state index contributed by atoms with van der Waals surface area (Å²) in [5.74, 6) is 2.19. The monoisotopic (exact) mass is 462 g/mol. The average molecular weight is 463 g/mol. The van der Waals surface area contributed by atoms with Crippen LogP contribution in [-0.2, 0) is 27.4 Å². The number of benzene rings is 2. The number of carbonyl (C=O) groups is 2. The van der Waals surface area contributed by atoms with Crippen LogP contribution in [0, 0.1) is 17.3 Å². The van der Waals surface area contributed by atoms with E-state index >= 15 is 0 Å². The quantitative estimate of drug-likeness (QED) is 0.404. The number of ether oxygens (including phenoxy) is 3. The fourth-order valence-corrected chi connectivity index (χ4v) is 7.01. The lowest BCUT2D eigenvalue weighted by Gasteiger charge is -2.50. The molecule has 5 nitrogen and oxygen atoms in total. The Hall–Kier alpha value is -2.82. The number of rotatable bonds is 5. The molecule has 3 aliphatic rings. The van der Waals surface area contributed by atoms with Crippen LogP contribution in [0.4, 0.5) is 0 Å². The highest BCUT2D eigenvalue weighted by Crippen LogP contribution is 2.62. The maximum Gasteiger partial charge on any atom is 0.308 e. The average Bonchev–Trinajstić information content (AvgIpc) is 3.13. The van der Waals surface area contributed by atoms with E-state index < -0.39 is 0 Å². The summed E-state index contributed by atoms with van der Waals surface area (Å²) in [6.07, 6.45) is 6.33. The molecule has 0 heterocycles. The first-order valence-corrected chi connectivity index (χ1v) is 12.5. The molecule has 5 atom stereocenters. The van der Waals surface area contributed by atoms with Crippen molar-refractivity contribution < 1.29 is 23.8 Å². The van der Waals surface area contributed by atoms with Crippen molar-refractivity contribution >= 4 is 11.9 Å². The molecule has 0 unspecified atom stereocenters. The van der Waals surface area contributed by atoms with Gasteiger partial charge in [0.1, 0.15) is 12.7 Å². The minimum Gasteiger partial charge on any atom is -0.485 e. The van der Waals surface area contributed by atoms with Gasteiger partial charge in [0.2, 0.25) is 0 Å². The van der Waals surface area contributed by atoms with Crippen molar-refractivity contribution in [1.82, 2.24) is 0 Å². The zero-order valence-electron chi connectivity index (χ0n) is 20.3. The van der Waals surface area contributed by atoms with Gasteiger partial charge in [0, 0.05) is 19.3 Å². The van der Waals surface area contributed by atoms with Gasteiger partial charge < -0.3 is 14.2 Å². The lowest BCUT2D eigenvalue weighted by molar-refractivity contribution is -0.154. The fourth-order valence-electron chi connectivity index (χ4n) is 7.01. The molecule has 2 saturated carbocycles. The van der Waals surface area contributed by atoms with Gasteiger partial charge in [0.25, 0.3) is 0 Å². The molecule has 5 heteroatoms. The van der Waals surface area contributed by atoms with Gasteiger partial charge >= 0.3 is 11.9 Å². The van der Waals surface area contributed by atoms with Crippen LogP contribution < -0.4 is 9.47 Å². The summed E-state index contributed by atoms with van der Waals surface area (Å²) in [7, 11) is 0. The molecule has 0 bridgehead atoms. The van der Waals surface area contributed by atoms with Crippen molar-refractivity contribution in [2.75, 3.05) is 0 Å². The number of fused-ring (bicyclic) bond motifs is 5. The second kappa shape index (κ2) is 9.09. The van der Waals surface area contributed by atoms with Crippen LogP contribution in [0.1, 0.15) is 75.5 Å². The molecule has 0 spiro atoms. The van der Waals surface area contributed by atoms with Gasteiger partial charge in [-0.2, -0.15) is 0 Å². The summed E-state index contributed by atoms with van der Waals surface area (Å²) in [5.41, 5.74) is 3.74. The molecule has 3 aliphatic carbocycles. The Balaban J connectivity index is 1.42. The van der Waals surface area contributed by atoms with Gasteiger partial charge in [-0.3, -0.25) is 9.59 Å². The molecule has 0 aliphatic heterocycles. The van der Waals surface area contributed by atoms with E-state index in [0.29, 0.717) is 35.9 Å². The molecule has 0 aromatic heterocycles. The highest BCUT2D eigenvalue weighted by molar-refractivity contribution is 5.71. The van der Waals surface area contributed by atoms with E-state index in [1.165, 1.54) is 25.0 Å². The highest BCUT2D eigenvalue weighted by atomic mass is 16.6. The highest BCUT2D eigenvalue weighted by Gasteiger charge is 2.56. The van der Waals surface area contributed by atoms with Crippen LogP contribution in [0.15, 0.2) is 42.5 Å². The summed E-state index contributed by atoms with van der Waals surface area (Å²) in [5, 5.41) is 0. The van der Waals surface area contributed by atoms with E-state index in [2.05, 4.69) is 19.1 Å². The molecular weight excluding hydrogens is 428 g/mol. The molecule has 2 aromatic rings. The van der Waals surface area contributed by atoms with Gasteiger partial charge in [0.05, 0.1) is 0 Å². The third-order valence-electron chi connectivity index (χ3n) is 8.50. The first-order chi connectivity index (χ1) is 16.3. The van der Waals surface area contributed by atoms with E-state index in [1.807, 2.05) is 30.3 Å². The summed E-state index contributed by atoms with van der Waals surface area (Å²) >= 11 is 0. The number of hydrogen-bond acceptors (Lipinski definition) is 5. The molecule has 0 saturated heterocycles. The Labute approximate surface area is 201 Å². The Bertz CT molecular complexity index is 1080. The molecule has 2 aromatic carbocycles. The van der Waals surface area contributed by atoms with Crippen molar-refractivity contribution in [2.24, 2.45) is 17.3 Å². The largest absolute Gasteiger partial charge is 0.485 e. The molecule has 0 amide bonds. The standard InChI is InChI=1S/C29H34O5/c1-18(30)33-27-16-24-21(15-26(27)32-17-20-7-5-4-6-8-20)9-10-23-22(24)13-14-29(3)25(23)11-12-28(29)34-19(2)31/h4-8,15-16,22-23,25,28H,9-14,17H2,1-3H3/t22-,23+,25-,28-,29-/m0/s1. The molecule has 0 N–H and O–H groups in total. The van der Waals surface area contributed by atoms with Crippen molar-refractivity contribution in [1.29, 1.82) is 0 Å². The van der Waals surface area contributed by atoms with Crippen LogP contribution >= 0.6 is 0 Å². The third-order valence-corrected chi connectivity index (χ3v) is 8.50. The van der Waals surface area contributed by atoms with Gasteiger partial charge in [0.15, 0.2) is 11.5 Å². The number of hydrogen-bond donors (Lipinski definition) is 0. The predicted molar refractivity (Wildman–Crippen MR) is 129 cm³/mol. The van der Waals surface area contributed by atoms with Crippen LogP contribution in [-0.4, -0.2) is 18.0 Å². The topological polar surface area (TPSA) is 61.8 Å². The minimum atomic E-state index is -0.340. The van der Waals surface area contributed by atoms with Crippen molar-refractivity contribution in [2.45, 2.75) is 77.9 Å². The molecule has 0 radical (unpaired) electrons. The molecular formula is C29H34O5.